The topological polar surface area (TPSA) is 66.1 Å². The van der Waals surface area contributed by atoms with Crippen molar-refractivity contribution in [3.8, 4) is 5.75 Å². The Labute approximate surface area is 174 Å². The third kappa shape index (κ3) is 7.57. The predicted octanol–water partition coefficient (Wildman–Crippen LogP) is 3.13. The van der Waals surface area contributed by atoms with Crippen LogP contribution in [-0.4, -0.2) is 61.4 Å². The van der Waals surface area contributed by atoms with Crippen molar-refractivity contribution in [1.82, 2.24) is 9.80 Å². The fourth-order valence-corrected chi connectivity index (χ4v) is 3.25. The van der Waals surface area contributed by atoms with E-state index in [0.29, 0.717) is 12.2 Å². The Bertz CT molecular complexity index is 804. The molecule has 1 aliphatic heterocycles. The molecule has 6 nitrogen and oxygen atoms in total. The Morgan fingerprint density at radius 2 is 1.60 bits per heavy atom. The lowest BCUT2D eigenvalue weighted by molar-refractivity contribution is -0.274. The summed E-state index contributed by atoms with van der Waals surface area (Å²) < 4.78 is 40.4. The number of nitrogens with zero attached hydrogens (tertiary/aromatic N) is 3. The molecule has 0 aliphatic carbocycles. The molecule has 3 rings (SSSR count). The molecule has 0 unspecified atom stereocenters. The van der Waals surface area contributed by atoms with Crippen LogP contribution in [0.4, 0.5) is 18.9 Å². The lowest BCUT2D eigenvalue weighted by Crippen LogP contribution is -2.46. The smallest absolute Gasteiger partial charge is 0.406 e. The van der Waals surface area contributed by atoms with Crippen molar-refractivity contribution in [2.75, 3.05) is 44.6 Å². The monoisotopic (exact) mass is 421 g/mol. The molecular weight excluding hydrogens is 395 g/mol. The molecule has 0 saturated carbocycles. The van der Waals surface area contributed by atoms with Crippen molar-refractivity contribution >= 4 is 11.6 Å². The van der Waals surface area contributed by atoms with Gasteiger partial charge in [0.25, 0.3) is 0 Å². The van der Waals surface area contributed by atoms with E-state index >= 15 is 0 Å². The highest BCUT2D eigenvalue weighted by atomic mass is 19.4. The number of alkyl halides is 3. The molecule has 0 aromatic heterocycles. The Hall–Kier alpha value is -2.78. The van der Waals surface area contributed by atoms with Gasteiger partial charge in [-0.3, -0.25) is 14.8 Å². The first-order chi connectivity index (χ1) is 14.4. The number of nitrogens with one attached hydrogen (secondary N) is 1. The number of anilines is 1. The molecular formula is C21H26F3N5O. The molecule has 0 bridgehead atoms. The Morgan fingerprint density at radius 3 is 2.23 bits per heavy atom. The molecule has 0 spiro atoms. The van der Waals surface area contributed by atoms with Crippen LogP contribution >= 0.6 is 0 Å². The summed E-state index contributed by atoms with van der Waals surface area (Å²) in [5.41, 5.74) is 7.74. The fourth-order valence-electron chi connectivity index (χ4n) is 3.25. The van der Waals surface area contributed by atoms with Crippen molar-refractivity contribution in [1.29, 1.82) is 0 Å². The van der Waals surface area contributed by atoms with Gasteiger partial charge >= 0.3 is 6.36 Å². The molecule has 0 atom stereocenters. The maximum absolute atomic E-state index is 12.2. The zero-order valence-electron chi connectivity index (χ0n) is 16.6. The minimum atomic E-state index is -4.71. The molecule has 0 amide bonds. The van der Waals surface area contributed by atoms with Gasteiger partial charge in [0, 0.05) is 45.0 Å². The van der Waals surface area contributed by atoms with Crippen molar-refractivity contribution in [2.45, 2.75) is 12.9 Å². The van der Waals surface area contributed by atoms with E-state index in [0.717, 1.165) is 39.3 Å². The third-order valence-corrected chi connectivity index (χ3v) is 4.77. The van der Waals surface area contributed by atoms with Gasteiger partial charge in [-0.1, -0.05) is 30.3 Å². The number of nitrogens with two attached hydrogens (primary N) is 1. The van der Waals surface area contributed by atoms with Gasteiger partial charge in [-0.15, -0.1) is 13.2 Å². The van der Waals surface area contributed by atoms with Gasteiger partial charge in [0.15, 0.2) is 5.96 Å². The number of aliphatic imine (C=N–C) groups is 1. The number of benzene rings is 2. The second-order valence-electron chi connectivity index (χ2n) is 7.07. The molecule has 1 saturated heterocycles. The average Bonchev–Trinajstić information content (AvgIpc) is 2.70. The van der Waals surface area contributed by atoms with Crippen molar-refractivity contribution < 1.29 is 17.9 Å². The van der Waals surface area contributed by atoms with E-state index in [-0.39, 0.29) is 11.7 Å². The minimum absolute atomic E-state index is 0.224. The van der Waals surface area contributed by atoms with E-state index in [4.69, 9.17) is 5.73 Å². The van der Waals surface area contributed by atoms with Crippen LogP contribution in [0.5, 0.6) is 5.75 Å². The Morgan fingerprint density at radius 1 is 0.967 bits per heavy atom. The molecule has 1 heterocycles. The van der Waals surface area contributed by atoms with Crippen LogP contribution in [0.15, 0.2) is 59.6 Å². The lowest BCUT2D eigenvalue weighted by Gasteiger charge is -2.34. The lowest BCUT2D eigenvalue weighted by atomic mass is 10.2. The SMILES string of the molecule is NC(=NCCN1CCN(Cc2ccccc2)CC1)Nc1ccc(OC(F)(F)F)cc1. The van der Waals surface area contributed by atoms with E-state index in [2.05, 4.69) is 49.1 Å². The van der Waals surface area contributed by atoms with Gasteiger partial charge in [-0.2, -0.15) is 0 Å². The molecule has 1 fully saturated rings. The number of ether oxygens (including phenoxy) is 1. The number of guanidine groups is 1. The van der Waals surface area contributed by atoms with E-state index in [1.165, 1.54) is 29.8 Å². The number of hydrogen-bond donors (Lipinski definition) is 2. The molecule has 162 valence electrons. The highest BCUT2D eigenvalue weighted by Crippen LogP contribution is 2.23. The van der Waals surface area contributed by atoms with Gasteiger partial charge in [0.2, 0.25) is 0 Å². The average molecular weight is 421 g/mol. The van der Waals surface area contributed by atoms with Crippen LogP contribution in [0.1, 0.15) is 5.56 Å². The first-order valence-electron chi connectivity index (χ1n) is 9.79. The van der Waals surface area contributed by atoms with E-state index in [9.17, 15) is 13.2 Å². The highest BCUT2D eigenvalue weighted by molar-refractivity contribution is 5.92. The Balaban J connectivity index is 1.36. The summed E-state index contributed by atoms with van der Waals surface area (Å²) >= 11 is 0. The zero-order valence-corrected chi connectivity index (χ0v) is 16.6. The maximum Gasteiger partial charge on any atom is 0.573 e. The van der Waals surface area contributed by atoms with Gasteiger partial charge in [0.1, 0.15) is 5.75 Å². The van der Waals surface area contributed by atoms with Gasteiger partial charge in [-0.25, -0.2) is 0 Å². The highest BCUT2D eigenvalue weighted by Gasteiger charge is 2.30. The third-order valence-electron chi connectivity index (χ3n) is 4.77. The van der Waals surface area contributed by atoms with E-state index < -0.39 is 6.36 Å². The van der Waals surface area contributed by atoms with Crippen LogP contribution in [0.25, 0.3) is 0 Å². The number of rotatable bonds is 7. The zero-order chi connectivity index (χ0) is 21.4. The van der Waals surface area contributed by atoms with Gasteiger partial charge < -0.3 is 15.8 Å². The van der Waals surface area contributed by atoms with E-state index in [1.807, 2.05) is 6.07 Å². The van der Waals surface area contributed by atoms with E-state index in [1.54, 1.807) is 0 Å². The summed E-state index contributed by atoms with van der Waals surface area (Å²) in [5, 5.41) is 2.87. The summed E-state index contributed by atoms with van der Waals surface area (Å²) in [4.78, 5) is 9.09. The molecule has 30 heavy (non-hydrogen) atoms. The van der Waals surface area contributed by atoms with Crippen molar-refractivity contribution in [3.63, 3.8) is 0 Å². The quantitative estimate of drug-likeness (QED) is 0.531. The summed E-state index contributed by atoms with van der Waals surface area (Å²) in [7, 11) is 0. The molecule has 9 heteroatoms. The summed E-state index contributed by atoms with van der Waals surface area (Å²) in [6.45, 7) is 6.31. The number of halogens is 3. The second kappa shape index (κ2) is 10.3. The number of piperazine rings is 1. The van der Waals surface area contributed by atoms with Crippen LogP contribution < -0.4 is 15.8 Å². The predicted molar refractivity (Wildman–Crippen MR) is 111 cm³/mol. The van der Waals surface area contributed by atoms with Gasteiger partial charge in [-0.05, 0) is 29.8 Å². The standard InChI is InChI=1S/C21H26F3N5O/c22-21(23,24)30-19-8-6-18(7-9-19)27-20(25)26-10-11-28-12-14-29(15-13-28)16-17-4-2-1-3-5-17/h1-9H,10-16H2,(H3,25,26,27). The molecule has 2 aromatic carbocycles. The maximum atomic E-state index is 12.2. The van der Waals surface area contributed by atoms with Crippen LogP contribution in [0.2, 0.25) is 0 Å². The Kier molecular flexibility index (Phi) is 7.53. The van der Waals surface area contributed by atoms with Crippen LogP contribution in [-0.2, 0) is 6.54 Å². The summed E-state index contributed by atoms with van der Waals surface area (Å²) in [6.07, 6.45) is -4.71. The minimum Gasteiger partial charge on any atom is -0.406 e. The molecule has 2 aromatic rings. The van der Waals surface area contributed by atoms with Crippen LogP contribution in [0.3, 0.4) is 0 Å². The summed E-state index contributed by atoms with van der Waals surface area (Å²) in [5.74, 6) is -0.0582. The molecule has 3 N–H and O–H groups in total. The first kappa shape index (κ1) is 21.9. The first-order valence-corrected chi connectivity index (χ1v) is 9.79. The molecule has 1 aliphatic rings. The van der Waals surface area contributed by atoms with Crippen molar-refractivity contribution in [2.24, 2.45) is 10.7 Å². The number of hydrogen-bond acceptors (Lipinski definition) is 4. The van der Waals surface area contributed by atoms with Crippen molar-refractivity contribution in [3.05, 3.63) is 60.2 Å². The summed E-state index contributed by atoms with van der Waals surface area (Å²) in [6, 6.07) is 15.8. The normalized spacial score (nSPS) is 16.4. The van der Waals surface area contributed by atoms with Gasteiger partial charge in [0.05, 0.1) is 6.54 Å². The fraction of sp³-hybridized carbons (Fsp3) is 0.381. The second-order valence-corrected chi connectivity index (χ2v) is 7.07. The largest absolute Gasteiger partial charge is 0.573 e. The molecule has 0 radical (unpaired) electrons. The van der Waals surface area contributed by atoms with Crippen LogP contribution in [0, 0.1) is 0 Å².